The van der Waals surface area contributed by atoms with Gasteiger partial charge < -0.3 is 34.3 Å². The summed E-state index contributed by atoms with van der Waals surface area (Å²) in [4.78, 5) is 0. The lowest BCUT2D eigenvalue weighted by Gasteiger charge is -2.55. The number of aliphatic hydroxyl groups is 1. The van der Waals surface area contributed by atoms with Gasteiger partial charge in [-0.3, -0.25) is 0 Å². The van der Waals surface area contributed by atoms with Crippen LogP contribution >= 0.6 is 0 Å². The van der Waals surface area contributed by atoms with Gasteiger partial charge in [-0.2, -0.15) is 0 Å². The van der Waals surface area contributed by atoms with Gasteiger partial charge in [-0.15, -0.1) is 0 Å². The number of aromatic hydroxyl groups is 2. The Labute approximate surface area is 247 Å². The van der Waals surface area contributed by atoms with E-state index < -0.39 is 0 Å². The number of phenolic OH excluding ortho intramolecular Hbond substituents is 2. The first-order valence-electron chi connectivity index (χ1n) is 14.2. The summed E-state index contributed by atoms with van der Waals surface area (Å²) < 4.78 is 23.0. The molecule has 1 fully saturated rings. The van der Waals surface area contributed by atoms with E-state index in [2.05, 4.69) is 26.8 Å². The quantitative estimate of drug-likeness (QED) is 0.264. The fraction of sp³-hybridized carbons (Fsp3) is 0.371. The Bertz CT molecular complexity index is 1510. The van der Waals surface area contributed by atoms with Crippen molar-refractivity contribution in [3.05, 3.63) is 70.3 Å². The van der Waals surface area contributed by atoms with Crippen LogP contribution < -0.4 is 18.9 Å². The maximum atomic E-state index is 10.8. The predicted octanol–water partition coefficient (Wildman–Crippen LogP) is 6.96. The highest BCUT2D eigenvalue weighted by molar-refractivity contribution is 5.80. The molecule has 0 spiro atoms. The van der Waals surface area contributed by atoms with E-state index in [1.165, 1.54) is 0 Å². The van der Waals surface area contributed by atoms with Gasteiger partial charge in [-0.25, -0.2) is 0 Å². The number of methoxy groups -OCH3 is 3. The van der Waals surface area contributed by atoms with Crippen LogP contribution in [-0.2, 0) is 6.42 Å². The average Bonchev–Trinajstić information content (AvgIpc) is 2.96. The molecule has 7 nitrogen and oxygen atoms in total. The van der Waals surface area contributed by atoms with E-state index in [0.29, 0.717) is 34.8 Å². The van der Waals surface area contributed by atoms with Gasteiger partial charge in [0.2, 0.25) is 0 Å². The first-order chi connectivity index (χ1) is 20.0. The fourth-order valence-corrected chi connectivity index (χ4v) is 6.48. The number of hydrogen-bond donors (Lipinski definition) is 3. The van der Waals surface area contributed by atoms with Gasteiger partial charge in [0, 0.05) is 5.92 Å². The molecule has 222 valence electrons. The first-order valence-corrected chi connectivity index (χ1v) is 14.2. The van der Waals surface area contributed by atoms with E-state index in [9.17, 15) is 15.3 Å². The van der Waals surface area contributed by atoms with Crippen molar-refractivity contribution in [3.8, 4) is 34.5 Å². The van der Waals surface area contributed by atoms with Crippen LogP contribution in [0.15, 0.2) is 42.5 Å². The topological polar surface area (TPSA) is 97.6 Å². The summed E-state index contributed by atoms with van der Waals surface area (Å²) in [6.07, 6.45) is 9.10. The van der Waals surface area contributed by atoms with E-state index in [4.69, 9.17) is 18.9 Å². The van der Waals surface area contributed by atoms with Crippen molar-refractivity contribution < 1.29 is 34.3 Å². The normalized spacial score (nSPS) is 22.8. The van der Waals surface area contributed by atoms with Crippen LogP contribution in [-0.4, -0.2) is 48.4 Å². The molecule has 0 amide bonds. The summed E-state index contributed by atoms with van der Waals surface area (Å²) in [5, 5.41) is 32.2. The summed E-state index contributed by atoms with van der Waals surface area (Å²) in [7, 11) is 4.79. The Morgan fingerprint density at radius 1 is 0.762 bits per heavy atom. The van der Waals surface area contributed by atoms with Crippen molar-refractivity contribution in [3.63, 3.8) is 0 Å². The predicted molar refractivity (Wildman–Crippen MR) is 165 cm³/mol. The zero-order valence-corrected chi connectivity index (χ0v) is 25.1. The summed E-state index contributed by atoms with van der Waals surface area (Å²) in [6.45, 7) is 6.40. The fourth-order valence-electron chi connectivity index (χ4n) is 6.48. The van der Waals surface area contributed by atoms with Crippen LogP contribution in [0.3, 0.4) is 0 Å². The Hall–Kier alpha value is -4.10. The number of hydrogen-bond acceptors (Lipinski definition) is 7. The van der Waals surface area contributed by atoms with Gasteiger partial charge in [-0.1, -0.05) is 38.1 Å². The second kappa shape index (κ2) is 11.3. The third-order valence-corrected chi connectivity index (χ3v) is 9.02. The average molecular weight is 573 g/mol. The molecule has 0 bridgehead atoms. The van der Waals surface area contributed by atoms with Crippen LogP contribution in [0, 0.1) is 11.3 Å². The third kappa shape index (κ3) is 5.41. The highest BCUT2D eigenvalue weighted by atomic mass is 16.5. The van der Waals surface area contributed by atoms with Crippen LogP contribution in [0.5, 0.6) is 34.5 Å². The maximum Gasteiger partial charge on any atom is 0.165 e. The van der Waals surface area contributed by atoms with Gasteiger partial charge in [0.15, 0.2) is 23.0 Å². The second-order valence-corrected chi connectivity index (χ2v) is 12.0. The highest BCUT2D eigenvalue weighted by Gasteiger charge is 2.54. The number of benzene rings is 3. The lowest BCUT2D eigenvalue weighted by molar-refractivity contribution is -0.138. The Kier molecular flexibility index (Phi) is 7.90. The Balaban J connectivity index is 1.40. The van der Waals surface area contributed by atoms with Crippen molar-refractivity contribution >= 4 is 24.3 Å². The van der Waals surface area contributed by atoms with Gasteiger partial charge in [-0.05, 0) is 96.3 Å². The first kappa shape index (κ1) is 29.4. The summed E-state index contributed by atoms with van der Waals surface area (Å²) in [6, 6.07) is 12.7. The smallest absolute Gasteiger partial charge is 0.165 e. The largest absolute Gasteiger partial charge is 0.507 e. The van der Waals surface area contributed by atoms with Crippen LogP contribution in [0.4, 0.5) is 0 Å². The summed E-state index contributed by atoms with van der Waals surface area (Å²) >= 11 is 0. The maximum absolute atomic E-state index is 10.8. The SMILES string of the molecule is COc1ccc(/C=C/c2c(O)cc(/C=C/c3cc4c(c(OC)c3)O[C@]3(C)CC[C@@H](O)C(C)(C)[C@H]3C4)cc2O)cc1OC. The van der Waals surface area contributed by atoms with Gasteiger partial charge >= 0.3 is 0 Å². The van der Waals surface area contributed by atoms with E-state index in [1.54, 1.807) is 51.7 Å². The Morgan fingerprint density at radius 2 is 1.36 bits per heavy atom. The molecule has 3 aromatic carbocycles. The summed E-state index contributed by atoms with van der Waals surface area (Å²) in [5.41, 5.74) is 3.08. The number of aliphatic hydroxyl groups excluding tert-OH is 1. The molecule has 1 heterocycles. The molecule has 2 aliphatic rings. The van der Waals surface area contributed by atoms with Crippen molar-refractivity contribution in [2.45, 2.75) is 51.7 Å². The molecule has 5 rings (SSSR count). The van der Waals surface area contributed by atoms with Crippen LogP contribution in [0.2, 0.25) is 0 Å². The molecular formula is C35H40O7. The Morgan fingerprint density at radius 3 is 2.00 bits per heavy atom. The number of ether oxygens (including phenoxy) is 4. The van der Waals surface area contributed by atoms with Crippen molar-refractivity contribution in [1.29, 1.82) is 0 Å². The zero-order valence-electron chi connectivity index (χ0n) is 25.1. The molecule has 1 aliphatic heterocycles. The molecule has 42 heavy (non-hydrogen) atoms. The standard InChI is InChI=1S/C35H40O7/c1-34(2)31-20-24-15-22(19-30(41-6)33(24)42-35(31,3)14-13-32(34)38)7-8-23-16-26(36)25(27(37)17-23)11-9-21-10-12-28(39-4)29(18-21)40-5/h7-12,15-19,31-32,36-38H,13-14,20H2,1-6H3/b8-7+,11-9+/t31-,32-,35-/m1/s1. The van der Waals surface area contributed by atoms with Crippen molar-refractivity contribution in [1.82, 2.24) is 0 Å². The molecule has 3 N–H and O–H groups in total. The molecule has 3 aromatic rings. The lowest BCUT2D eigenvalue weighted by atomic mass is 9.57. The molecule has 0 saturated heterocycles. The minimum Gasteiger partial charge on any atom is -0.507 e. The second-order valence-electron chi connectivity index (χ2n) is 12.0. The molecular weight excluding hydrogens is 532 g/mol. The van der Waals surface area contributed by atoms with Gasteiger partial charge in [0.25, 0.3) is 0 Å². The van der Waals surface area contributed by atoms with Crippen molar-refractivity contribution in [2.24, 2.45) is 11.3 Å². The van der Waals surface area contributed by atoms with E-state index in [1.807, 2.05) is 30.4 Å². The third-order valence-electron chi connectivity index (χ3n) is 9.02. The number of fused-ring (bicyclic) bond motifs is 2. The molecule has 1 aliphatic carbocycles. The number of rotatable bonds is 7. The summed E-state index contributed by atoms with van der Waals surface area (Å²) in [5.74, 6) is 2.71. The molecule has 0 radical (unpaired) electrons. The molecule has 1 saturated carbocycles. The van der Waals surface area contributed by atoms with Gasteiger partial charge in [0.1, 0.15) is 17.1 Å². The zero-order chi connectivity index (χ0) is 30.2. The van der Waals surface area contributed by atoms with E-state index >= 15 is 0 Å². The highest BCUT2D eigenvalue weighted by Crippen LogP contribution is 2.55. The van der Waals surface area contributed by atoms with E-state index in [-0.39, 0.29) is 34.5 Å². The monoisotopic (exact) mass is 572 g/mol. The minimum absolute atomic E-state index is 0.0415. The van der Waals surface area contributed by atoms with Crippen LogP contribution in [0.1, 0.15) is 61.4 Å². The molecule has 3 atom stereocenters. The van der Waals surface area contributed by atoms with Crippen molar-refractivity contribution in [2.75, 3.05) is 21.3 Å². The van der Waals surface area contributed by atoms with E-state index in [0.717, 1.165) is 35.3 Å². The molecule has 0 unspecified atom stereocenters. The van der Waals surface area contributed by atoms with Crippen LogP contribution in [0.25, 0.3) is 24.3 Å². The minimum atomic E-state index is -0.372. The lowest BCUT2D eigenvalue weighted by Crippen LogP contribution is -2.58. The number of phenols is 2. The molecule has 0 aromatic heterocycles. The van der Waals surface area contributed by atoms with Gasteiger partial charge in [0.05, 0.1) is 33.0 Å². The molecule has 7 heteroatoms.